The van der Waals surface area contributed by atoms with Crippen molar-refractivity contribution in [1.82, 2.24) is 19.1 Å². The SMILES string of the molecule is Cn1c([N+](=O)[O-])cnc1C(S)c1nc([N+](=O)[O-])cn1-c1ccccc1. The molecule has 1 aromatic carbocycles. The van der Waals surface area contributed by atoms with E-state index in [9.17, 15) is 20.2 Å². The number of hydrogen-bond acceptors (Lipinski definition) is 7. The molecule has 0 N–H and O–H groups in total. The van der Waals surface area contributed by atoms with Crippen LogP contribution in [-0.4, -0.2) is 28.9 Å². The van der Waals surface area contributed by atoms with Crippen molar-refractivity contribution in [2.75, 3.05) is 0 Å². The molecule has 1 unspecified atom stereocenters. The molecule has 0 bridgehead atoms. The van der Waals surface area contributed by atoms with Crippen molar-refractivity contribution in [3.05, 3.63) is 74.6 Å². The molecule has 0 fully saturated rings. The number of hydrogen-bond donors (Lipinski definition) is 1. The second-order valence-corrected chi connectivity index (χ2v) is 5.63. The maximum atomic E-state index is 11.1. The molecule has 0 aliphatic heterocycles. The Hall–Kier alpha value is -3.21. The average Bonchev–Trinajstić information content (AvgIpc) is 3.19. The quantitative estimate of drug-likeness (QED) is 0.424. The van der Waals surface area contributed by atoms with Gasteiger partial charge in [0.15, 0.2) is 5.25 Å². The summed E-state index contributed by atoms with van der Waals surface area (Å²) in [4.78, 5) is 29.0. The van der Waals surface area contributed by atoms with Gasteiger partial charge in [-0.05, 0) is 27.0 Å². The minimum atomic E-state index is -0.799. The molecule has 11 heteroatoms. The molecule has 2 aromatic heterocycles. The van der Waals surface area contributed by atoms with Gasteiger partial charge in [0, 0.05) is 5.69 Å². The van der Waals surface area contributed by atoms with Gasteiger partial charge in [0.2, 0.25) is 5.82 Å². The third-order valence-corrected chi connectivity index (χ3v) is 4.08. The van der Waals surface area contributed by atoms with Gasteiger partial charge < -0.3 is 20.2 Å². The van der Waals surface area contributed by atoms with Crippen LogP contribution in [0.4, 0.5) is 11.6 Å². The van der Waals surface area contributed by atoms with E-state index < -0.39 is 15.1 Å². The van der Waals surface area contributed by atoms with Crippen molar-refractivity contribution in [3.63, 3.8) is 0 Å². The zero-order valence-electron chi connectivity index (χ0n) is 12.9. The lowest BCUT2D eigenvalue weighted by molar-refractivity contribution is -0.391. The summed E-state index contributed by atoms with van der Waals surface area (Å²) in [7, 11) is 1.48. The van der Waals surface area contributed by atoms with Crippen molar-refractivity contribution in [3.8, 4) is 5.69 Å². The lowest BCUT2D eigenvalue weighted by atomic mass is 10.3. The Balaban J connectivity index is 2.13. The number of nitrogens with zero attached hydrogens (tertiary/aromatic N) is 6. The van der Waals surface area contributed by atoms with Gasteiger partial charge in [0.25, 0.3) is 5.82 Å². The fourth-order valence-electron chi connectivity index (χ4n) is 2.41. The Morgan fingerprint density at radius 3 is 2.36 bits per heavy atom. The molecular formula is C14H12N6O4S. The molecule has 0 saturated heterocycles. The van der Waals surface area contributed by atoms with Gasteiger partial charge in [-0.25, -0.2) is 9.55 Å². The summed E-state index contributed by atoms with van der Waals surface area (Å²) in [5.41, 5.74) is 0.654. The third kappa shape index (κ3) is 2.96. The molecule has 3 rings (SSSR count). The Kier molecular flexibility index (Phi) is 4.23. The van der Waals surface area contributed by atoms with Crippen molar-refractivity contribution < 1.29 is 9.85 Å². The first-order valence-electron chi connectivity index (χ1n) is 7.03. The van der Waals surface area contributed by atoms with Gasteiger partial charge in [-0.3, -0.25) is 4.57 Å². The maximum absolute atomic E-state index is 11.1. The summed E-state index contributed by atoms with van der Waals surface area (Å²) < 4.78 is 2.80. The predicted octanol–water partition coefficient (Wildman–Crippen LogP) is 2.44. The second-order valence-electron chi connectivity index (χ2n) is 5.11. The molecule has 0 saturated carbocycles. The molecule has 0 aliphatic rings. The van der Waals surface area contributed by atoms with Gasteiger partial charge in [-0.15, -0.1) is 0 Å². The molecule has 1 atom stereocenters. The average molecular weight is 360 g/mol. The van der Waals surface area contributed by atoms with Gasteiger partial charge in [0.1, 0.15) is 12.4 Å². The van der Waals surface area contributed by atoms with E-state index in [1.165, 1.54) is 22.4 Å². The first kappa shape index (κ1) is 16.6. The van der Waals surface area contributed by atoms with Crippen LogP contribution in [0.1, 0.15) is 16.9 Å². The van der Waals surface area contributed by atoms with E-state index in [4.69, 9.17) is 0 Å². The van der Waals surface area contributed by atoms with E-state index in [-0.39, 0.29) is 23.3 Å². The molecule has 25 heavy (non-hydrogen) atoms. The lowest BCUT2D eigenvalue weighted by Crippen LogP contribution is -2.10. The van der Waals surface area contributed by atoms with Crippen LogP contribution in [0.3, 0.4) is 0 Å². The van der Waals surface area contributed by atoms with Crippen LogP contribution in [0.2, 0.25) is 0 Å². The van der Waals surface area contributed by atoms with E-state index in [1.807, 2.05) is 6.07 Å². The molecule has 0 aliphatic carbocycles. The summed E-state index contributed by atoms with van der Waals surface area (Å²) in [6, 6.07) is 8.90. The van der Waals surface area contributed by atoms with Crippen LogP contribution in [0.25, 0.3) is 5.69 Å². The number of nitro groups is 2. The molecular weight excluding hydrogens is 348 g/mol. The normalized spacial score (nSPS) is 12.1. The molecule has 0 radical (unpaired) electrons. The number of imidazole rings is 2. The van der Waals surface area contributed by atoms with Crippen LogP contribution in [0.5, 0.6) is 0 Å². The van der Waals surface area contributed by atoms with E-state index in [0.29, 0.717) is 5.69 Å². The van der Waals surface area contributed by atoms with Crippen molar-refractivity contribution in [2.45, 2.75) is 5.25 Å². The van der Waals surface area contributed by atoms with Crippen LogP contribution in [-0.2, 0) is 7.05 Å². The van der Waals surface area contributed by atoms with Crippen molar-refractivity contribution in [1.29, 1.82) is 0 Å². The second kappa shape index (κ2) is 6.36. The van der Waals surface area contributed by atoms with Crippen LogP contribution in [0.15, 0.2) is 42.7 Å². The molecule has 0 spiro atoms. The topological polar surface area (TPSA) is 122 Å². The first-order valence-corrected chi connectivity index (χ1v) is 7.55. The summed E-state index contributed by atoms with van der Waals surface area (Å²) in [6.45, 7) is 0. The molecule has 0 amide bonds. The fraction of sp³-hybridized carbons (Fsp3) is 0.143. The Bertz CT molecular complexity index is 952. The predicted molar refractivity (Wildman–Crippen MR) is 90.9 cm³/mol. The highest BCUT2D eigenvalue weighted by atomic mass is 32.1. The fourth-order valence-corrected chi connectivity index (χ4v) is 2.83. The van der Waals surface area contributed by atoms with Gasteiger partial charge in [0.05, 0.1) is 7.05 Å². The summed E-state index contributed by atoms with van der Waals surface area (Å²) in [5, 5.41) is 21.3. The number of aromatic nitrogens is 4. The number of rotatable bonds is 5. The lowest BCUT2D eigenvalue weighted by Gasteiger charge is -2.08. The Morgan fingerprint density at radius 2 is 1.80 bits per heavy atom. The summed E-state index contributed by atoms with van der Waals surface area (Å²) in [5.74, 6) is -0.0551. The zero-order valence-corrected chi connectivity index (χ0v) is 13.8. The number of benzene rings is 1. The molecule has 10 nitrogen and oxygen atoms in total. The zero-order chi connectivity index (χ0) is 18.1. The third-order valence-electron chi connectivity index (χ3n) is 3.62. The van der Waals surface area contributed by atoms with Crippen LogP contribution >= 0.6 is 12.6 Å². The Labute approximate surface area is 146 Å². The van der Waals surface area contributed by atoms with Crippen LogP contribution in [0, 0.1) is 20.2 Å². The minimum absolute atomic E-state index is 0.207. The number of thiol groups is 1. The molecule has 2 heterocycles. The van der Waals surface area contributed by atoms with Gasteiger partial charge in [-0.1, -0.05) is 18.2 Å². The van der Waals surface area contributed by atoms with Crippen LogP contribution < -0.4 is 0 Å². The minimum Gasteiger partial charge on any atom is -0.358 e. The highest BCUT2D eigenvalue weighted by Gasteiger charge is 2.32. The van der Waals surface area contributed by atoms with Gasteiger partial charge in [-0.2, -0.15) is 12.6 Å². The largest absolute Gasteiger partial charge is 0.382 e. The monoisotopic (exact) mass is 360 g/mol. The summed E-state index contributed by atoms with van der Waals surface area (Å²) >= 11 is 4.45. The van der Waals surface area contributed by atoms with E-state index >= 15 is 0 Å². The van der Waals surface area contributed by atoms with Gasteiger partial charge >= 0.3 is 11.6 Å². The standard InChI is InChI=1S/C14H12N6O4S/c1-17-11(20(23)24)7-15-13(17)12(25)14-16-10(19(21)22)8-18(14)9-5-3-2-4-6-9/h2-8,12,25H,1H3. The van der Waals surface area contributed by atoms with Crippen molar-refractivity contribution in [2.24, 2.45) is 7.05 Å². The summed E-state index contributed by atoms with van der Waals surface area (Å²) in [6.07, 6.45) is 2.40. The first-order chi connectivity index (χ1) is 11.9. The van der Waals surface area contributed by atoms with E-state index in [2.05, 4.69) is 22.6 Å². The molecule has 3 aromatic rings. The van der Waals surface area contributed by atoms with E-state index in [0.717, 1.165) is 6.20 Å². The highest BCUT2D eigenvalue weighted by Crippen LogP contribution is 2.31. The smallest absolute Gasteiger partial charge is 0.358 e. The maximum Gasteiger partial charge on any atom is 0.382 e. The van der Waals surface area contributed by atoms with E-state index in [1.54, 1.807) is 24.3 Å². The Morgan fingerprint density at radius 1 is 1.12 bits per heavy atom. The number of para-hydroxylation sites is 1. The highest BCUT2D eigenvalue weighted by molar-refractivity contribution is 7.80. The molecule has 128 valence electrons. The van der Waals surface area contributed by atoms with Crippen molar-refractivity contribution >= 4 is 24.3 Å².